The third-order valence-electron chi connectivity index (χ3n) is 4.24. The van der Waals surface area contributed by atoms with Crippen molar-refractivity contribution >= 4 is 27.3 Å². The first kappa shape index (κ1) is 14.5. The van der Waals surface area contributed by atoms with Crippen LogP contribution in [0, 0.1) is 11.8 Å². The van der Waals surface area contributed by atoms with Crippen LogP contribution in [0.25, 0.3) is 0 Å². The lowest BCUT2D eigenvalue weighted by Crippen LogP contribution is -2.31. The molecule has 3 atom stereocenters. The Hall–Kier alpha value is 0.140. The lowest BCUT2D eigenvalue weighted by Gasteiger charge is -2.34. The van der Waals surface area contributed by atoms with Gasteiger partial charge in [-0.25, -0.2) is 0 Å². The van der Waals surface area contributed by atoms with Gasteiger partial charge >= 0.3 is 0 Å². The molecule has 1 saturated carbocycles. The molecule has 18 heavy (non-hydrogen) atoms. The molecule has 1 nitrogen and oxygen atoms in total. The predicted molar refractivity (Wildman–Crippen MR) is 84.2 cm³/mol. The van der Waals surface area contributed by atoms with Gasteiger partial charge in [-0.15, -0.1) is 11.3 Å². The molecule has 3 heteroatoms. The number of hydrogen-bond acceptors (Lipinski definition) is 2. The van der Waals surface area contributed by atoms with Gasteiger partial charge in [0.25, 0.3) is 0 Å². The van der Waals surface area contributed by atoms with E-state index in [1.165, 1.54) is 41.5 Å². The Morgan fingerprint density at radius 3 is 2.89 bits per heavy atom. The average molecular weight is 330 g/mol. The lowest BCUT2D eigenvalue weighted by molar-refractivity contribution is 0.211. The molecule has 0 spiro atoms. The lowest BCUT2D eigenvalue weighted by atomic mass is 9.75. The van der Waals surface area contributed by atoms with Crippen molar-refractivity contribution < 1.29 is 0 Å². The van der Waals surface area contributed by atoms with E-state index >= 15 is 0 Å². The van der Waals surface area contributed by atoms with Gasteiger partial charge in [0.15, 0.2) is 0 Å². The smallest absolute Gasteiger partial charge is 0.0701 e. The van der Waals surface area contributed by atoms with E-state index in [1.54, 1.807) is 11.3 Å². The van der Waals surface area contributed by atoms with Crippen molar-refractivity contribution in [2.75, 3.05) is 6.54 Å². The highest BCUT2D eigenvalue weighted by molar-refractivity contribution is 9.11. The largest absolute Gasteiger partial charge is 0.310 e. The van der Waals surface area contributed by atoms with E-state index in [0.717, 1.165) is 18.4 Å². The van der Waals surface area contributed by atoms with E-state index in [4.69, 9.17) is 0 Å². The van der Waals surface area contributed by atoms with Crippen LogP contribution in [0.15, 0.2) is 15.2 Å². The molecule has 0 bridgehead atoms. The maximum Gasteiger partial charge on any atom is 0.0701 e. The minimum absolute atomic E-state index is 0.562. The molecule has 3 unspecified atom stereocenters. The zero-order valence-corrected chi connectivity index (χ0v) is 13.8. The summed E-state index contributed by atoms with van der Waals surface area (Å²) in [5.74, 6) is 1.78. The number of hydrogen-bond donors (Lipinski definition) is 1. The summed E-state index contributed by atoms with van der Waals surface area (Å²) >= 11 is 5.40. The Labute approximate surface area is 123 Å². The molecule has 1 aromatic rings. The van der Waals surface area contributed by atoms with E-state index in [2.05, 4.69) is 46.5 Å². The van der Waals surface area contributed by atoms with E-state index in [9.17, 15) is 0 Å². The van der Waals surface area contributed by atoms with Crippen molar-refractivity contribution in [3.8, 4) is 0 Å². The van der Waals surface area contributed by atoms with Gasteiger partial charge in [0.05, 0.1) is 3.79 Å². The van der Waals surface area contributed by atoms with Crippen LogP contribution in [0.4, 0.5) is 0 Å². The minimum Gasteiger partial charge on any atom is -0.310 e. The molecule has 1 aliphatic carbocycles. The number of thiophene rings is 1. The van der Waals surface area contributed by atoms with Crippen molar-refractivity contribution in [1.29, 1.82) is 0 Å². The molecule has 1 N–H and O–H groups in total. The summed E-state index contributed by atoms with van der Waals surface area (Å²) in [4.78, 5) is 0. The summed E-state index contributed by atoms with van der Waals surface area (Å²) in [6.45, 7) is 5.62. The standard InChI is InChI=1S/C15H24BrNS/c1-3-11-6-5-7-12(8-11)15(17-4-2)13-9-14(16)18-10-13/h9-12,15,17H,3-8H2,1-2H3. The first-order chi connectivity index (χ1) is 8.74. The van der Waals surface area contributed by atoms with Crippen LogP contribution < -0.4 is 5.32 Å². The maximum absolute atomic E-state index is 3.71. The van der Waals surface area contributed by atoms with Gasteiger partial charge in [0, 0.05) is 6.04 Å². The number of halogens is 1. The zero-order valence-electron chi connectivity index (χ0n) is 11.4. The van der Waals surface area contributed by atoms with Crippen molar-refractivity contribution in [3.63, 3.8) is 0 Å². The maximum atomic E-state index is 3.71. The van der Waals surface area contributed by atoms with Crippen LogP contribution in [0.3, 0.4) is 0 Å². The van der Waals surface area contributed by atoms with Gasteiger partial charge in [0.2, 0.25) is 0 Å². The molecule has 1 fully saturated rings. The molecule has 0 saturated heterocycles. The topological polar surface area (TPSA) is 12.0 Å². The van der Waals surface area contributed by atoms with E-state index in [1.807, 2.05) is 0 Å². The van der Waals surface area contributed by atoms with Gasteiger partial charge in [-0.3, -0.25) is 0 Å². The van der Waals surface area contributed by atoms with Gasteiger partial charge in [-0.05, 0) is 64.2 Å². The Bertz CT molecular complexity index is 363. The number of rotatable bonds is 5. The molecule has 0 radical (unpaired) electrons. The van der Waals surface area contributed by atoms with Crippen molar-refractivity contribution in [2.24, 2.45) is 11.8 Å². The molecule has 102 valence electrons. The average Bonchev–Trinajstić information content (AvgIpc) is 2.82. The highest BCUT2D eigenvalue weighted by atomic mass is 79.9. The Kier molecular flexibility index (Phi) is 5.71. The molecule has 1 aromatic heterocycles. The fourth-order valence-corrected chi connectivity index (χ4v) is 4.48. The number of nitrogens with one attached hydrogen (secondary N) is 1. The summed E-state index contributed by atoms with van der Waals surface area (Å²) in [5.41, 5.74) is 1.48. The Balaban J connectivity index is 2.09. The summed E-state index contributed by atoms with van der Waals surface area (Å²) in [7, 11) is 0. The van der Waals surface area contributed by atoms with E-state index in [0.29, 0.717) is 6.04 Å². The SMILES string of the molecule is CCNC(c1csc(Br)c1)C1CCCC(CC)C1. The van der Waals surface area contributed by atoms with Gasteiger partial charge in [-0.1, -0.05) is 33.1 Å². The van der Waals surface area contributed by atoms with Crippen LogP contribution in [-0.2, 0) is 0 Å². The fourth-order valence-electron chi connectivity index (χ4n) is 3.27. The Morgan fingerprint density at radius 1 is 1.44 bits per heavy atom. The highest BCUT2D eigenvalue weighted by Gasteiger charge is 2.28. The van der Waals surface area contributed by atoms with Crippen LogP contribution in [0.5, 0.6) is 0 Å². The first-order valence-corrected chi connectivity index (χ1v) is 8.89. The monoisotopic (exact) mass is 329 g/mol. The molecular weight excluding hydrogens is 306 g/mol. The fraction of sp³-hybridized carbons (Fsp3) is 0.733. The summed E-state index contributed by atoms with van der Waals surface area (Å²) in [6, 6.07) is 2.86. The van der Waals surface area contributed by atoms with Crippen LogP contribution in [0.2, 0.25) is 0 Å². The third kappa shape index (κ3) is 3.58. The molecule has 1 heterocycles. The molecule has 0 amide bonds. The zero-order chi connectivity index (χ0) is 13.0. The molecule has 0 aromatic carbocycles. The second kappa shape index (κ2) is 7.06. The summed E-state index contributed by atoms with van der Waals surface area (Å²) in [6.07, 6.45) is 7.00. The van der Waals surface area contributed by atoms with Gasteiger partial charge in [0.1, 0.15) is 0 Å². The quantitative estimate of drug-likeness (QED) is 0.764. The molecular formula is C15H24BrNS. The second-order valence-corrected chi connectivity index (χ2v) is 7.71. The van der Waals surface area contributed by atoms with E-state index < -0.39 is 0 Å². The van der Waals surface area contributed by atoms with Crippen molar-refractivity contribution in [1.82, 2.24) is 5.32 Å². The predicted octanol–water partition coefficient (Wildman–Crippen LogP) is 5.38. The van der Waals surface area contributed by atoms with Gasteiger partial charge < -0.3 is 5.32 Å². The third-order valence-corrected chi connectivity index (χ3v) is 5.77. The highest BCUT2D eigenvalue weighted by Crippen LogP contribution is 2.39. The van der Waals surface area contributed by atoms with Gasteiger partial charge in [-0.2, -0.15) is 0 Å². The van der Waals surface area contributed by atoms with Crippen LogP contribution in [-0.4, -0.2) is 6.54 Å². The molecule has 1 aliphatic rings. The van der Waals surface area contributed by atoms with Crippen LogP contribution >= 0.6 is 27.3 Å². The first-order valence-electron chi connectivity index (χ1n) is 7.21. The summed E-state index contributed by atoms with van der Waals surface area (Å²) < 4.78 is 1.25. The Morgan fingerprint density at radius 2 is 2.28 bits per heavy atom. The van der Waals surface area contributed by atoms with Crippen molar-refractivity contribution in [2.45, 2.75) is 52.0 Å². The molecule has 2 rings (SSSR count). The van der Waals surface area contributed by atoms with E-state index in [-0.39, 0.29) is 0 Å². The molecule has 0 aliphatic heterocycles. The second-order valence-electron chi connectivity index (χ2n) is 5.42. The van der Waals surface area contributed by atoms with Crippen LogP contribution in [0.1, 0.15) is 57.6 Å². The normalized spacial score (nSPS) is 26.2. The minimum atomic E-state index is 0.562. The summed E-state index contributed by atoms with van der Waals surface area (Å²) in [5, 5.41) is 6.02. The van der Waals surface area contributed by atoms with Crippen molar-refractivity contribution in [3.05, 3.63) is 20.8 Å².